The van der Waals surface area contributed by atoms with Crippen molar-refractivity contribution in [3.63, 3.8) is 0 Å². The van der Waals surface area contributed by atoms with E-state index in [1.165, 1.54) is 130 Å². The van der Waals surface area contributed by atoms with Crippen LogP contribution in [-0.2, 0) is 16.2 Å². The molecule has 5 fully saturated rings. The lowest BCUT2D eigenvalue weighted by Crippen LogP contribution is -2.40. The zero-order chi connectivity index (χ0) is 40.2. The van der Waals surface area contributed by atoms with Crippen molar-refractivity contribution < 1.29 is 0 Å². The minimum Gasteiger partial charge on any atom is -0.310 e. The molecule has 0 amide bonds. The average Bonchev–Trinajstić information content (AvgIpc) is 3.99. The molecule has 0 N–H and O–H groups in total. The predicted molar refractivity (Wildman–Crippen MR) is 252 cm³/mol. The molecule has 0 saturated heterocycles. The van der Waals surface area contributed by atoms with E-state index >= 15 is 0 Å². The van der Waals surface area contributed by atoms with Crippen LogP contribution < -0.4 is 4.90 Å². The molecule has 5 saturated carbocycles. The lowest BCUT2D eigenvalue weighted by atomic mass is 9.59. The van der Waals surface area contributed by atoms with Gasteiger partial charge < -0.3 is 4.90 Å². The van der Waals surface area contributed by atoms with E-state index in [9.17, 15) is 0 Å². The number of rotatable bonds is 4. The molecule has 8 aliphatic rings. The van der Waals surface area contributed by atoms with E-state index in [1.54, 1.807) is 22.3 Å². The van der Waals surface area contributed by atoms with Gasteiger partial charge in [-0.1, -0.05) is 142 Å². The maximum Gasteiger partial charge on any atom is 0.0468 e. The van der Waals surface area contributed by atoms with Gasteiger partial charge in [-0.2, -0.15) is 0 Å². The summed E-state index contributed by atoms with van der Waals surface area (Å²) in [5.74, 6) is 3.30. The normalized spacial score (nSPS) is 25.6. The van der Waals surface area contributed by atoms with Crippen LogP contribution in [0.25, 0.3) is 44.5 Å². The van der Waals surface area contributed by atoms with Gasteiger partial charge in [-0.3, -0.25) is 0 Å². The number of benzene rings is 7. The fourth-order valence-corrected chi connectivity index (χ4v) is 15.5. The second-order valence-corrected chi connectivity index (χ2v) is 20.8. The maximum absolute atomic E-state index is 2.69. The fourth-order valence-electron chi connectivity index (χ4n) is 15.5. The van der Waals surface area contributed by atoms with E-state index in [0.717, 1.165) is 23.7 Å². The van der Waals surface area contributed by atoms with Crippen molar-refractivity contribution in [2.24, 2.45) is 23.7 Å². The number of anilines is 3. The highest BCUT2D eigenvalue weighted by atomic mass is 15.1. The molecule has 8 aliphatic carbocycles. The number of hydrogen-bond acceptors (Lipinski definition) is 1. The van der Waals surface area contributed by atoms with Gasteiger partial charge in [0.15, 0.2) is 0 Å². The van der Waals surface area contributed by atoms with Gasteiger partial charge in [0.1, 0.15) is 0 Å². The van der Waals surface area contributed by atoms with Crippen LogP contribution in [0.4, 0.5) is 17.1 Å². The SMILES string of the molecule is CC1(C)c2cc(-c3ccccc3)ccc2-c2ccc(N(c3ccc4c(c3)-c3ccccc3C43CCCCC3)c3ccc4c(c3)C3(c5ccccc5-4)C4CC5CC(C4)C3C5)cc21. The molecule has 1 heteroatoms. The highest BCUT2D eigenvalue weighted by Gasteiger charge is 2.66. The third-order valence-electron chi connectivity index (χ3n) is 17.8. The van der Waals surface area contributed by atoms with Gasteiger partial charge in [-0.25, -0.2) is 0 Å². The Bertz CT molecular complexity index is 2980. The van der Waals surface area contributed by atoms with E-state index in [-0.39, 0.29) is 16.2 Å². The lowest BCUT2D eigenvalue weighted by Gasteiger charge is -2.44. The second kappa shape index (κ2) is 12.3. The summed E-state index contributed by atoms with van der Waals surface area (Å²) < 4.78 is 0. The van der Waals surface area contributed by atoms with Gasteiger partial charge in [0.25, 0.3) is 0 Å². The summed E-state index contributed by atoms with van der Waals surface area (Å²) in [5.41, 5.74) is 24.3. The molecular weight excluding hydrogens is 735 g/mol. The van der Waals surface area contributed by atoms with E-state index in [4.69, 9.17) is 0 Å². The van der Waals surface area contributed by atoms with Crippen molar-refractivity contribution >= 4 is 17.1 Å². The predicted octanol–water partition coefficient (Wildman–Crippen LogP) is 15.7. The Hall–Kier alpha value is -5.66. The van der Waals surface area contributed by atoms with Crippen LogP contribution >= 0.6 is 0 Å². The van der Waals surface area contributed by atoms with Gasteiger partial charge >= 0.3 is 0 Å². The van der Waals surface area contributed by atoms with Gasteiger partial charge in [-0.15, -0.1) is 0 Å². The van der Waals surface area contributed by atoms with Gasteiger partial charge in [0, 0.05) is 33.3 Å². The van der Waals surface area contributed by atoms with Crippen LogP contribution in [-0.4, -0.2) is 0 Å². The third kappa shape index (κ3) is 4.48. The van der Waals surface area contributed by atoms with Gasteiger partial charge in [-0.05, 0) is 183 Å². The van der Waals surface area contributed by atoms with Crippen molar-refractivity contribution in [3.8, 4) is 44.5 Å². The molecule has 0 heterocycles. The van der Waals surface area contributed by atoms with E-state index < -0.39 is 0 Å². The second-order valence-electron chi connectivity index (χ2n) is 20.8. The summed E-state index contributed by atoms with van der Waals surface area (Å²) >= 11 is 0. The zero-order valence-corrected chi connectivity index (χ0v) is 35.6. The Morgan fingerprint density at radius 2 is 1.02 bits per heavy atom. The molecule has 0 aliphatic heterocycles. The largest absolute Gasteiger partial charge is 0.310 e. The Morgan fingerprint density at radius 1 is 0.426 bits per heavy atom. The highest BCUT2D eigenvalue weighted by molar-refractivity contribution is 5.92. The molecule has 61 heavy (non-hydrogen) atoms. The Kier molecular flexibility index (Phi) is 7.03. The van der Waals surface area contributed by atoms with Crippen LogP contribution in [0.1, 0.15) is 105 Å². The molecule has 15 rings (SSSR count). The zero-order valence-electron chi connectivity index (χ0n) is 35.6. The molecule has 5 unspecified atom stereocenters. The first-order valence-corrected chi connectivity index (χ1v) is 23.6. The molecule has 298 valence electrons. The Labute approximate surface area is 361 Å². The standard InChI is InChI=1S/C60H53N/c1-58(2)55-33-39(38-13-5-3-6-14-38)19-23-47(55)48-24-20-43(35-56(48)58)61(42-22-26-52-50(34-42)46-16-7-9-17-51(46)59(52)27-11-4-12-28-59)44-21-25-49-45-15-8-10-18-53(45)60(57(49)36-44)41-30-37-29-40(32-41)54(60)31-37/h3,5-10,13-26,33-37,40-41,54H,4,11-12,27-32H2,1-2H3. The minimum atomic E-state index is -0.146. The fraction of sp³-hybridized carbons (Fsp3) is 0.300. The summed E-state index contributed by atoms with van der Waals surface area (Å²) in [4.78, 5) is 2.64. The van der Waals surface area contributed by atoms with E-state index in [0.29, 0.717) is 0 Å². The summed E-state index contributed by atoms with van der Waals surface area (Å²) in [5, 5.41) is 0. The van der Waals surface area contributed by atoms with Gasteiger partial charge in [0.05, 0.1) is 0 Å². The molecule has 7 aromatic carbocycles. The van der Waals surface area contributed by atoms with Crippen molar-refractivity contribution in [1.29, 1.82) is 0 Å². The Morgan fingerprint density at radius 3 is 1.79 bits per heavy atom. The maximum atomic E-state index is 2.69. The molecule has 7 aromatic rings. The van der Waals surface area contributed by atoms with E-state index in [2.05, 4.69) is 170 Å². The molecule has 0 aromatic heterocycles. The van der Waals surface area contributed by atoms with Crippen LogP contribution in [0.15, 0.2) is 152 Å². The first-order valence-electron chi connectivity index (χ1n) is 23.6. The van der Waals surface area contributed by atoms with Crippen LogP contribution in [0, 0.1) is 23.7 Å². The third-order valence-corrected chi connectivity index (χ3v) is 17.8. The van der Waals surface area contributed by atoms with Crippen LogP contribution in [0.3, 0.4) is 0 Å². The summed E-state index contributed by atoms with van der Waals surface area (Å²) in [6, 6.07) is 59.7. The molecule has 4 bridgehead atoms. The van der Waals surface area contributed by atoms with Gasteiger partial charge in [0.2, 0.25) is 0 Å². The first kappa shape index (κ1) is 35.0. The lowest BCUT2D eigenvalue weighted by molar-refractivity contribution is 0.191. The smallest absolute Gasteiger partial charge is 0.0468 e. The molecule has 1 nitrogen and oxygen atoms in total. The summed E-state index contributed by atoms with van der Waals surface area (Å²) in [6.45, 7) is 4.88. The highest BCUT2D eigenvalue weighted by Crippen LogP contribution is 2.73. The molecular formula is C60H53N. The topological polar surface area (TPSA) is 3.24 Å². The summed E-state index contributed by atoms with van der Waals surface area (Å²) in [6.07, 6.45) is 12.1. The van der Waals surface area contributed by atoms with Crippen molar-refractivity contribution in [2.45, 2.75) is 87.9 Å². The number of hydrogen-bond donors (Lipinski definition) is 0. The Balaban J connectivity index is 0.967. The van der Waals surface area contributed by atoms with Crippen molar-refractivity contribution in [3.05, 3.63) is 185 Å². The number of nitrogens with zero attached hydrogens (tertiary/aromatic N) is 1. The minimum absolute atomic E-state index is 0.132. The molecule has 2 spiro atoms. The number of fused-ring (bicyclic) bond motifs is 11. The monoisotopic (exact) mass is 787 g/mol. The van der Waals surface area contributed by atoms with Crippen LogP contribution in [0.5, 0.6) is 0 Å². The first-order chi connectivity index (χ1) is 29.9. The average molecular weight is 788 g/mol. The molecule has 5 atom stereocenters. The van der Waals surface area contributed by atoms with Crippen molar-refractivity contribution in [1.82, 2.24) is 0 Å². The molecule has 0 radical (unpaired) electrons. The van der Waals surface area contributed by atoms with Crippen molar-refractivity contribution in [2.75, 3.05) is 4.90 Å². The quantitative estimate of drug-likeness (QED) is 0.172. The van der Waals surface area contributed by atoms with Crippen LogP contribution in [0.2, 0.25) is 0 Å². The van der Waals surface area contributed by atoms with E-state index in [1.807, 2.05) is 0 Å². The summed E-state index contributed by atoms with van der Waals surface area (Å²) in [7, 11) is 0.